The lowest BCUT2D eigenvalue weighted by molar-refractivity contribution is 0.636. The fourth-order valence-electron chi connectivity index (χ4n) is 3.30. The van der Waals surface area contributed by atoms with Crippen molar-refractivity contribution in [2.24, 2.45) is 0 Å². The smallest absolute Gasteiger partial charge is 0.134 e. The second kappa shape index (κ2) is 4.40. The van der Waals surface area contributed by atoms with Gasteiger partial charge in [0.1, 0.15) is 5.82 Å². The lowest BCUT2D eigenvalue weighted by Gasteiger charge is -2.18. The molecule has 2 aliphatic rings. The molecule has 100 valence electrons. The number of halogens is 2. The van der Waals surface area contributed by atoms with Crippen molar-refractivity contribution >= 4 is 34.3 Å². The Hall–Kier alpha value is -0.710. The van der Waals surface area contributed by atoms with Crippen LogP contribution in [-0.4, -0.2) is 23.4 Å². The van der Waals surface area contributed by atoms with E-state index in [-0.39, 0.29) is 5.82 Å². The molecule has 0 radical (unpaired) electrons. The number of rotatable bonds is 0. The van der Waals surface area contributed by atoms with E-state index in [0.29, 0.717) is 5.02 Å². The van der Waals surface area contributed by atoms with Crippen LogP contribution in [0, 0.1) is 5.82 Å². The van der Waals surface area contributed by atoms with E-state index in [4.69, 9.17) is 11.6 Å². The molecule has 0 atom stereocenters. The van der Waals surface area contributed by atoms with E-state index in [1.54, 1.807) is 11.8 Å². The van der Waals surface area contributed by atoms with E-state index in [2.05, 4.69) is 9.88 Å². The standard InChI is InChI=1S/C14H14ClFN2S/c15-9-7-10(16)12-8-1-3-17-4-2-11(8)18-5-6-19-14(9)13(12)18/h7,17H,1-6H2. The van der Waals surface area contributed by atoms with E-state index in [9.17, 15) is 4.39 Å². The maximum Gasteiger partial charge on any atom is 0.134 e. The number of aromatic nitrogens is 1. The topological polar surface area (TPSA) is 17.0 Å². The van der Waals surface area contributed by atoms with Crippen LogP contribution in [0.5, 0.6) is 0 Å². The molecule has 19 heavy (non-hydrogen) atoms. The lowest BCUT2D eigenvalue weighted by atomic mass is 10.1. The molecule has 4 rings (SSSR count). The van der Waals surface area contributed by atoms with Crippen LogP contribution >= 0.6 is 23.4 Å². The summed E-state index contributed by atoms with van der Waals surface area (Å²) < 4.78 is 16.7. The predicted octanol–water partition coefficient (Wildman–Crippen LogP) is 3.23. The Balaban J connectivity index is 2.15. The van der Waals surface area contributed by atoms with Gasteiger partial charge in [-0.2, -0.15) is 0 Å². The van der Waals surface area contributed by atoms with Crippen molar-refractivity contribution in [3.8, 4) is 0 Å². The van der Waals surface area contributed by atoms with E-state index in [0.717, 1.165) is 54.0 Å². The zero-order chi connectivity index (χ0) is 13.0. The van der Waals surface area contributed by atoms with Gasteiger partial charge in [-0.25, -0.2) is 4.39 Å². The third-order valence-corrected chi connectivity index (χ3v) is 5.56. The highest BCUT2D eigenvalue weighted by Crippen LogP contribution is 2.43. The molecule has 2 aliphatic heterocycles. The van der Waals surface area contributed by atoms with Gasteiger partial charge >= 0.3 is 0 Å². The van der Waals surface area contributed by atoms with Gasteiger partial charge in [0.2, 0.25) is 0 Å². The number of thioether (sulfide) groups is 1. The maximum absolute atomic E-state index is 14.4. The van der Waals surface area contributed by atoms with Gasteiger partial charge in [-0.1, -0.05) is 11.6 Å². The molecule has 1 aromatic heterocycles. The molecule has 0 fully saturated rings. The third kappa shape index (κ3) is 1.66. The summed E-state index contributed by atoms with van der Waals surface area (Å²) in [6.45, 7) is 2.86. The fourth-order valence-corrected chi connectivity index (χ4v) is 4.67. The van der Waals surface area contributed by atoms with Crippen molar-refractivity contribution in [2.75, 3.05) is 18.8 Å². The van der Waals surface area contributed by atoms with Crippen molar-refractivity contribution in [1.29, 1.82) is 0 Å². The Bertz CT molecular complexity index is 676. The molecule has 0 amide bonds. The second-order valence-corrected chi connectivity index (χ2v) is 6.58. The third-order valence-electron chi connectivity index (χ3n) is 4.06. The van der Waals surface area contributed by atoms with Gasteiger partial charge in [0.05, 0.1) is 15.4 Å². The quantitative estimate of drug-likeness (QED) is 0.804. The molecule has 5 heteroatoms. The van der Waals surface area contributed by atoms with Crippen LogP contribution in [0.2, 0.25) is 5.02 Å². The van der Waals surface area contributed by atoms with Crippen LogP contribution in [0.25, 0.3) is 10.9 Å². The first kappa shape index (κ1) is 12.1. The molecule has 2 nitrogen and oxygen atoms in total. The molecule has 0 aliphatic carbocycles. The Labute approximate surface area is 120 Å². The minimum Gasteiger partial charge on any atom is -0.342 e. The Kier molecular flexibility index (Phi) is 2.79. The Morgan fingerprint density at radius 3 is 3.05 bits per heavy atom. The molecular formula is C14H14ClFN2S. The SMILES string of the molecule is Fc1cc(Cl)c2c3c1c1c(n3CCS2)CCNCC1. The monoisotopic (exact) mass is 296 g/mol. The summed E-state index contributed by atoms with van der Waals surface area (Å²) in [6.07, 6.45) is 1.88. The van der Waals surface area contributed by atoms with Crippen molar-refractivity contribution in [2.45, 2.75) is 24.3 Å². The number of nitrogens with zero attached hydrogens (tertiary/aromatic N) is 1. The van der Waals surface area contributed by atoms with E-state index < -0.39 is 0 Å². The van der Waals surface area contributed by atoms with Gasteiger partial charge in [-0.15, -0.1) is 11.8 Å². The van der Waals surface area contributed by atoms with Gasteiger partial charge in [-0.3, -0.25) is 0 Å². The van der Waals surface area contributed by atoms with E-state index >= 15 is 0 Å². The summed E-state index contributed by atoms with van der Waals surface area (Å²) in [5, 5.41) is 4.76. The normalized spacial score (nSPS) is 18.4. The van der Waals surface area contributed by atoms with Crippen LogP contribution in [0.4, 0.5) is 4.39 Å². The molecular weight excluding hydrogens is 283 g/mol. The molecule has 3 heterocycles. The largest absolute Gasteiger partial charge is 0.342 e. The molecule has 0 saturated heterocycles. The van der Waals surface area contributed by atoms with Crippen LogP contribution in [-0.2, 0) is 19.4 Å². The molecule has 1 N–H and O–H groups in total. The van der Waals surface area contributed by atoms with Crippen molar-refractivity contribution in [1.82, 2.24) is 9.88 Å². The molecule has 0 unspecified atom stereocenters. The maximum atomic E-state index is 14.4. The van der Waals surface area contributed by atoms with Crippen molar-refractivity contribution < 1.29 is 4.39 Å². The van der Waals surface area contributed by atoms with Gasteiger partial charge in [0.25, 0.3) is 0 Å². The first-order chi connectivity index (χ1) is 9.27. The van der Waals surface area contributed by atoms with Crippen LogP contribution in [0.1, 0.15) is 11.3 Å². The number of aryl methyl sites for hydroxylation is 1. The Morgan fingerprint density at radius 2 is 2.16 bits per heavy atom. The lowest BCUT2D eigenvalue weighted by Crippen LogP contribution is -2.18. The first-order valence-electron chi connectivity index (χ1n) is 6.63. The van der Waals surface area contributed by atoms with Crippen LogP contribution in [0.15, 0.2) is 11.0 Å². The van der Waals surface area contributed by atoms with E-state index in [1.807, 2.05) is 0 Å². The number of hydrogen-bond donors (Lipinski definition) is 1. The summed E-state index contributed by atoms with van der Waals surface area (Å²) in [4.78, 5) is 1.06. The summed E-state index contributed by atoms with van der Waals surface area (Å²) in [6, 6.07) is 1.49. The predicted molar refractivity (Wildman–Crippen MR) is 77.9 cm³/mol. The molecule has 0 bridgehead atoms. The highest BCUT2D eigenvalue weighted by atomic mass is 35.5. The van der Waals surface area contributed by atoms with Crippen molar-refractivity contribution in [3.63, 3.8) is 0 Å². The first-order valence-corrected chi connectivity index (χ1v) is 7.99. The summed E-state index contributed by atoms with van der Waals surface area (Å²) in [5.74, 6) is 0.852. The van der Waals surface area contributed by atoms with Gasteiger partial charge in [0.15, 0.2) is 0 Å². The minimum absolute atomic E-state index is 0.164. The number of fused-ring (bicyclic) bond motifs is 3. The second-order valence-electron chi connectivity index (χ2n) is 5.07. The van der Waals surface area contributed by atoms with Gasteiger partial charge in [0, 0.05) is 36.3 Å². The zero-order valence-electron chi connectivity index (χ0n) is 10.4. The molecule has 0 saturated carbocycles. The summed E-state index contributed by atoms with van der Waals surface area (Å²) >= 11 is 7.97. The average molecular weight is 297 g/mol. The molecule has 1 aromatic carbocycles. The van der Waals surface area contributed by atoms with E-state index in [1.165, 1.54) is 17.3 Å². The highest BCUT2D eigenvalue weighted by molar-refractivity contribution is 7.99. The number of nitrogens with one attached hydrogen (secondary N) is 1. The van der Waals surface area contributed by atoms with Crippen LogP contribution in [0.3, 0.4) is 0 Å². The molecule has 2 aromatic rings. The summed E-state index contributed by atoms with van der Waals surface area (Å²) in [5.41, 5.74) is 3.54. The van der Waals surface area contributed by atoms with Gasteiger partial charge < -0.3 is 9.88 Å². The molecule has 0 spiro atoms. The Morgan fingerprint density at radius 1 is 1.32 bits per heavy atom. The minimum atomic E-state index is -0.164. The van der Waals surface area contributed by atoms with Gasteiger partial charge in [-0.05, 0) is 24.6 Å². The average Bonchev–Trinajstić information content (AvgIpc) is 2.57. The fraction of sp³-hybridized carbons (Fsp3) is 0.429. The zero-order valence-corrected chi connectivity index (χ0v) is 12.0. The number of benzene rings is 1. The number of hydrogen-bond acceptors (Lipinski definition) is 2. The highest BCUT2D eigenvalue weighted by Gasteiger charge is 2.27. The summed E-state index contributed by atoms with van der Waals surface area (Å²) in [7, 11) is 0. The van der Waals surface area contributed by atoms with Crippen molar-refractivity contribution in [3.05, 3.63) is 28.2 Å². The van der Waals surface area contributed by atoms with Crippen LogP contribution < -0.4 is 5.32 Å².